The number of hydrogen-bond donors (Lipinski definition) is 0. The molecular formula is C10H10F3NO2. The minimum absolute atomic E-state index is 0.0695. The minimum atomic E-state index is -2.93. The van der Waals surface area contributed by atoms with Crippen molar-refractivity contribution >= 4 is 5.97 Å². The third-order valence-electron chi connectivity index (χ3n) is 1.94. The predicted molar refractivity (Wildman–Crippen MR) is 49.8 cm³/mol. The highest BCUT2D eigenvalue weighted by Gasteiger charge is 2.20. The highest BCUT2D eigenvalue weighted by molar-refractivity contribution is 5.87. The summed E-state index contributed by atoms with van der Waals surface area (Å²) in [6.45, 7) is 2.80. The number of rotatable bonds is 3. The van der Waals surface area contributed by atoms with Crippen LogP contribution in [0.4, 0.5) is 13.2 Å². The van der Waals surface area contributed by atoms with Crippen LogP contribution in [0.2, 0.25) is 0 Å². The van der Waals surface area contributed by atoms with E-state index < -0.39 is 29.6 Å². The lowest BCUT2D eigenvalue weighted by Crippen LogP contribution is -2.11. The molecule has 88 valence electrons. The van der Waals surface area contributed by atoms with Gasteiger partial charge < -0.3 is 4.74 Å². The van der Waals surface area contributed by atoms with E-state index in [-0.39, 0.29) is 12.2 Å². The number of carbonyl (C=O) groups is 1. The summed E-state index contributed by atoms with van der Waals surface area (Å²) in [6, 6.07) is 0.791. The molecule has 0 aliphatic carbocycles. The van der Waals surface area contributed by atoms with Gasteiger partial charge in [0, 0.05) is 11.6 Å². The van der Waals surface area contributed by atoms with Gasteiger partial charge in [-0.25, -0.2) is 22.9 Å². The Morgan fingerprint density at radius 3 is 2.69 bits per heavy atom. The fourth-order valence-electron chi connectivity index (χ4n) is 1.12. The lowest BCUT2D eigenvalue weighted by Gasteiger charge is -2.07. The first kappa shape index (κ1) is 12.5. The summed E-state index contributed by atoms with van der Waals surface area (Å²) >= 11 is 0. The molecule has 0 fully saturated rings. The second kappa shape index (κ2) is 4.96. The fourth-order valence-corrected chi connectivity index (χ4v) is 1.12. The van der Waals surface area contributed by atoms with Crippen molar-refractivity contribution in [3.8, 4) is 0 Å². The number of halogens is 3. The highest BCUT2D eigenvalue weighted by atomic mass is 19.3. The molecule has 0 saturated heterocycles. The largest absolute Gasteiger partial charge is 0.461 e. The summed E-state index contributed by atoms with van der Waals surface area (Å²) < 4.78 is 42.7. The van der Waals surface area contributed by atoms with Crippen LogP contribution in [0.15, 0.2) is 6.07 Å². The Labute approximate surface area is 90.2 Å². The third kappa shape index (κ3) is 2.50. The van der Waals surface area contributed by atoms with E-state index in [2.05, 4.69) is 9.72 Å². The number of nitrogens with zero attached hydrogens (tertiary/aromatic N) is 1. The molecule has 1 aromatic rings. The molecule has 0 amide bonds. The third-order valence-corrected chi connectivity index (χ3v) is 1.94. The summed E-state index contributed by atoms with van der Waals surface area (Å²) in [4.78, 5) is 14.6. The summed E-state index contributed by atoms with van der Waals surface area (Å²) in [5.74, 6) is -1.81. The van der Waals surface area contributed by atoms with E-state index in [4.69, 9.17) is 0 Å². The first-order chi connectivity index (χ1) is 7.47. The summed E-state index contributed by atoms with van der Waals surface area (Å²) in [5, 5.41) is 0. The topological polar surface area (TPSA) is 39.2 Å². The van der Waals surface area contributed by atoms with Gasteiger partial charge in [0.25, 0.3) is 6.43 Å². The summed E-state index contributed by atoms with van der Waals surface area (Å²) in [7, 11) is 0. The Morgan fingerprint density at radius 1 is 1.56 bits per heavy atom. The van der Waals surface area contributed by atoms with Crippen LogP contribution in [-0.2, 0) is 4.74 Å². The van der Waals surface area contributed by atoms with Crippen LogP contribution in [0.1, 0.15) is 35.1 Å². The van der Waals surface area contributed by atoms with Crippen LogP contribution in [0, 0.1) is 12.7 Å². The lowest BCUT2D eigenvalue weighted by atomic mass is 10.2. The molecule has 0 atom stereocenters. The molecule has 0 saturated carbocycles. The molecule has 0 N–H and O–H groups in total. The first-order valence-corrected chi connectivity index (χ1v) is 4.59. The van der Waals surface area contributed by atoms with Crippen LogP contribution in [-0.4, -0.2) is 17.6 Å². The molecule has 0 aliphatic rings. The van der Waals surface area contributed by atoms with E-state index in [0.29, 0.717) is 0 Å². The quantitative estimate of drug-likeness (QED) is 0.753. The Morgan fingerprint density at radius 2 is 2.19 bits per heavy atom. The molecule has 0 aliphatic heterocycles. The van der Waals surface area contributed by atoms with Gasteiger partial charge in [-0.1, -0.05) is 0 Å². The Bertz CT molecular complexity index is 407. The fraction of sp³-hybridized carbons (Fsp3) is 0.400. The number of esters is 1. The molecular weight excluding hydrogens is 223 g/mol. The van der Waals surface area contributed by atoms with Crippen LogP contribution < -0.4 is 0 Å². The zero-order valence-corrected chi connectivity index (χ0v) is 8.76. The molecule has 1 heterocycles. The SMILES string of the molecule is CCOC(=O)c1cc(F)c(C)c(C(F)F)n1. The van der Waals surface area contributed by atoms with Crippen LogP contribution >= 0.6 is 0 Å². The molecule has 0 aromatic carbocycles. The number of pyridine rings is 1. The van der Waals surface area contributed by atoms with Crippen molar-refractivity contribution in [3.05, 3.63) is 28.8 Å². The second-order valence-electron chi connectivity index (χ2n) is 3.02. The van der Waals surface area contributed by atoms with Crippen molar-refractivity contribution in [3.63, 3.8) is 0 Å². The van der Waals surface area contributed by atoms with Gasteiger partial charge in [0.05, 0.1) is 6.61 Å². The van der Waals surface area contributed by atoms with Crippen molar-refractivity contribution in [1.29, 1.82) is 0 Å². The number of hydrogen-bond acceptors (Lipinski definition) is 3. The van der Waals surface area contributed by atoms with Crippen molar-refractivity contribution in [2.45, 2.75) is 20.3 Å². The monoisotopic (exact) mass is 233 g/mol. The van der Waals surface area contributed by atoms with Crippen LogP contribution in [0.5, 0.6) is 0 Å². The molecule has 0 spiro atoms. The van der Waals surface area contributed by atoms with Gasteiger partial charge in [0.15, 0.2) is 5.69 Å². The molecule has 0 radical (unpaired) electrons. The van der Waals surface area contributed by atoms with Crippen molar-refractivity contribution in [2.75, 3.05) is 6.61 Å². The zero-order chi connectivity index (χ0) is 12.3. The number of ether oxygens (including phenoxy) is 1. The normalized spacial score (nSPS) is 10.6. The van der Waals surface area contributed by atoms with E-state index in [1.54, 1.807) is 6.92 Å². The van der Waals surface area contributed by atoms with Gasteiger partial charge >= 0.3 is 5.97 Å². The molecule has 0 bridgehead atoms. The van der Waals surface area contributed by atoms with Gasteiger partial charge in [-0.15, -0.1) is 0 Å². The summed E-state index contributed by atoms with van der Waals surface area (Å²) in [5.41, 5.74) is -1.44. The summed E-state index contributed by atoms with van der Waals surface area (Å²) in [6.07, 6.45) is -2.93. The number of carbonyl (C=O) groups excluding carboxylic acids is 1. The van der Waals surface area contributed by atoms with E-state index in [1.165, 1.54) is 6.92 Å². The first-order valence-electron chi connectivity index (χ1n) is 4.59. The van der Waals surface area contributed by atoms with E-state index >= 15 is 0 Å². The van der Waals surface area contributed by atoms with Crippen molar-refractivity contribution in [2.24, 2.45) is 0 Å². The minimum Gasteiger partial charge on any atom is -0.461 e. The Hall–Kier alpha value is -1.59. The van der Waals surface area contributed by atoms with Gasteiger partial charge in [0.2, 0.25) is 0 Å². The smallest absolute Gasteiger partial charge is 0.357 e. The van der Waals surface area contributed by atoms with Gasteiger partial charge in [0.1, 0.15) is 11.5 Å². The van der Waals surface area contributed by atoms with Crippen LogP contribution in [0.3, 0.4) is 0 Å². The molecule has 16 heavy (non-hydrogen) atoms. The van der Waals surface area contributed by atoms with Crippen molar-refractivity contribution in [1.82, 2.24) is 4.98 Å². The lowest BCUT2D eigenvalue weighted by molar-refractivity contribution is 0.0517. The predicted octanol–water partition coefficient (Wildman–Crippen LogP) is 2.64. The van der Waals surface area contributed by atoms with E-state index in [0.717, 1.165) is 6.07 Å². The van der Waals surface area contributed by atoms with Gasteiger partial charge in [-0.05, 0) is 13.8 Å². The zero-order valence-electron chi connectivity index (χ0n) is 8.76. The maximum Gasteiger partial charge on any atom is 0.357 e. The Kier molecular flexibility index (Phi) is 3.87. The van der Waals surface area contributed by atoms with Crippen LogP contribution in [0.25, 0.3) is 0 Å². The molecule has 6 heteroatoms. The average Bonchev–Trinajstić information content (AvgIpc) is 2.21. The van der Waals surface area contributed by atoms with E-state index in [1.807, 2.05) is 0 Å². The Balaban J connectivity index is 3.18. The molecule has 3 nitrogen and oxygen atoms in total. The maximum atomic E-state index is 13.2. The maximum absolute atomic E-state index is 13.2. The van der Waals surface area contributed by atoms with Gasteiger partial charge in [-0.2, -0.15) is 0 Å². The van der Waals surface area contributed by atoms with E-state index in [9.17, 15) is 18.0 Å². The molecule has 1 aromatic heterocycles. The van der Waals surface area contributed by atoms with Crippen molar-refractivity contribution < 1.29 is 22.7 Å². The van der Waals surface area contributed by atoms with Gasteiger partial charge in [-0.3, -0.25) is 0 Å². The number of alkyl halides is 2. The molecule has 1 rings (SSSR count). The standard InChI is InChI=1S/C10H10F3NO2/c1-3-16-10(15)7-4-6(11)5(2)8(14-7)9(12)13/h4,9H,3H2,1-2H3. The number of aromatic nitrogens is 1. The average molecular weight is 233 g/mol. The molecule has 0 unspecified atom stereocenters. The second-order valence-corrected chi connectivity index (χ2v) is 3.02. The highest BCUT2D eigenvalue weighted by Crippen LogP contribution is 2.23.